The van der Waals surface area contributed by atoms with Crippen LogP contribution in [0.1, 0.15) is 50.5 Å². The van der Waals surface area contributed by atoms with Crippen molar-refractivity contribution in [2.75, 3.05) is 25.6 Å². The Balaban J connectivity index is 2.16. The first kappa shape index (κ1) is 24.1. The van der Waals surface area contributed by atoms with Crippen LogP contribution >= 0.6 is 0 Å². The van der Waals surface area contributed by atoms with Crippen LogP contribution in [0.5, 0.6) is 11.5 Å². The van der Waals surface area contributed by atoms with E-state index in [2.05, 4.69) is 20.9 Å². The van der Waals surface area contributed by atoms with Gasteiger partial charge in [-0.3, -0.25) is 4.79 Å². The van der Waals surface area contributed by atoms with Crippen molar-refractivity contribution < 1.29 is 14.3 Å². The van der Waals surface area contributed by atoms with E-state index in [0.717, 1.165) is 11.3 Å². The number of nitrogens with zero attached hydrogens (tertiary/aromatic N) is 1. The average Bonchev–Trinajstić information content (AvgIpc) is 2.72. The van der Waals surface area contributed by atoms with Crippen LogP contribution in [-0.4, -0.2) is 37.7 Å². The summed E-state index contributed by atoms with van der Waals surface area (Å²) in [6.45, 7) is 11.5. The van der Waals surface area contributed by atoms with E-state index in [0.29, 0.717) is 42.7 Å². The average molecular weight is 427 g/mol. The summed E-state index contributed by atoms with van der Waals surface area (Å²) >= 11 is 0. The summed E-state index contributed by atoms with van der Waals surface area (Å²) in [4.78, 5) is 17.1. The minimum absolute atomic E-state index is 0.0925. The van der Waals surface area contributed by atoms with Gasteiger partial charge >= 0.3 is 0 Å². The predicted molar refractivity (Wildman–Crippen MR) is 126 cm³/mol. The maximum atomic E-state index is 12.4. The molecule has 2 rings (SSSR count). The normalized spacial score (nSPS) is 11.6. The molecule has 7 heteroatoms. The van der Waals surface area contributed by atoms with E-state index in [9.17, 15) is 4.79 Å². The van der Waals surface area contributed by atoms with Crippen molar-refractivity contribution in [3.05, 3.63) is 53.6 Å². The van der Waals surface area contributed by atoms with E-state index >= 15 is 0 Å². The van der Waals surface area contributed by atoms with Crippen molar-refractivity contribution >= 4 is 17.6 Å². The lowest BCUT2D eigenvalue weighted by atomic mass is 10.1. The summed E-state index contributed by atoms with van der Waals surface area (Å²) < 4.78 is 11.0. The van der Waals surface area contributed by atoms with Crippen LogP contribution in [0.25, 0.3) is 0 Å². The predicted octanol–water partition coefficient (Wildman–Crippen LogP) is 4.20. The highest BCUT2D eigenvalue weighted by Crippen LogP contribution is 2.30. The number of hydrogen-bond donors (Lipinski definition) is 3. The topological polar surface area (TPSA) is 84.0 Å². The number of nitrogens with one attached hydrogen (secondary N) is 3. The van der Waals surface area contributed by atoms with Crippen LogP contribution in [0.4, 0.5) is 5.69 Å². The zero-order valence-electron chi connectivity index (χ0n) is 19.3. The molecular formula is C24H34N4O3. The molecule has 2 aromatic carbocycles. The molecule has 31 heavy (non-hydrogen) atoms. The smallest absolute Gasteiger partial charge is 0.251 e. The Labute approximate surface area is 185 Å². The number of methoxy groups -OCH3 is 1. The van der Waals surface area contributed by atoms with Gasteiger partial charge in [-0.05, 0) is 64.4 Å². The Morgan fingerprint density at radius 1 is 1.06 bits per heavy atom. The summed E-state index contributed by atoms with van der Waals surface area (Å²) in [6, 6.07) is 13.2. The largest absolute Gasteiger partial charge is 0.493 e. The molecule has 0 fully saturated rings. The number of ether oxygens (including phenoxy) is 2. The molecule has 0 heterocycles. The fraction of sp³-hybridized carbons (Fsp3) is 0.417. The number of carbonyl (C=O) groups excluding carboxylic acids is 1. The van der Waals surface area contributed by atoms with Gasteiger partial charge in [0.05, 0.1) is 20.3 Å². The molecule has 0 saturated carbocycles. The molecule has 0 atom stereocenters. The van der Waals surface area contributed by atoms with Crippen LogP contribution in [0.15, 0.2) is 47.5 Å². The first-order chi connectivity index (χ1) is 14.8. The molecule has 0 aromatic heterocycles. The summed E-state index contributed by atoms with van der Waals surface area (Å²) in [5.74, 6) is 1.90. The Hall–Kier alpha value is -3.22. The van der Waals surface area contributed by atoms with E-state index in [1.165, 1.54) is 0 Å². The fourth-order valence-corrected chi connectivity index (χ4v) is 2.86. The van der Waals surface area contributed by atoms with Gasteiger partial charge in [-0.15, -0.1) is 0 Å². The molecule has 0 aliphatic heterocycles. The van der Waals surface area contributed by atoms with Gasteiger partial charge in [0.15, 0.2) is 17.5 Å². The Morgan fingerprint density at radius 2 is 1.84 bits per heavy atom. The van der Waals surface area contributed by atoms with Crippen LogP contribution in [0.3, 0.4) is 0 Å². The summed E-state index contributed by atoms with van der Waals surface area (Å²) in [5, 5.41) is 9.51. The third-order valence-corrected chi connectivity index (χ3v) is 4.17. The Kier molecular flexibility index (Phi) is 8.73. The SMILES string of the molecule is CCNC(=NCc1cccc(C(=O)NC(C)(C)C)c1)Nc1ccc(OC)c(OCC)c1. The first-order valence-electron chi connectivity index (χ1n) is 10.5. The first-order valence-corrected chi connectivity index (χ1v) is 10.5. The molecule has 7 nitrogen and oxygen atoms in total. The maximum Gasteiger partial charge on any atom is 0.251 e. The van der Waals surface area contributed by atoms with E-state index in [1.54, 1.807) is 7.11 Å². The molecule has 1 amide bonds. The number of carbonyl (C=O) groups is 1. The van der Waals surface area contributed by atoms with Gasteiger partial charge in [-0.2, -0.15) is 0 Å². The highest BCUT2D eigenvalue weighted by atomic mass is 16.5. The molecule has 0 aliphatic carbocycles. The minimum Gasteiger partial charge on any atom is -0.493 e. The monoisotopic (exact) mass is 426 g/mol. The lowest BCUT2D eigenvalue weighted by Crippen LogP contribution is -2.40. The summed E-state index contributed by atoms with van der Waals surface area (Å²) in [7, 11) is 1.62. The number of aliphatic imine (C=N–C) groups is 1. The van der Waals surface area contributed by atoms with Crippen molar-refractivity contribution in [3.8, 4) is 11.5 Å². The maximum absolute atomic E-state index is 12.4. The van der Waals surface area contributed by atoms with Gasteiger partial charge in [0.1, 0.15) is 0 Å². The molecule has 0 spiro atoms. The standard InChI is InChI=1S/C24H34N4O3/c1-7-25-23(27-19-12-13-20(30-6)21(15-19)31-8-2)26-16-17-10-9-11-18(14-17)22(29)28-24(3,4)5/h9-15H,7-8,16H2,1-6H3,(H,28,29)(H2,25,26,27). The number of rotatable bonds is 8. The van der Waals surface area contributed by atoms with E-state index in [4.69, 9.17) is 9.47 Å². The molecule has 0 saturated heterocycles. The second kappa shape index (κ2) is 11.2. The Morgan fingerprint density at radius 3 is 2.48 bits per heavy atom. The van der Waals surface area contributed by atoms with Crippen molar-refractivity contribution in [2.45, 2.75) is 46.7 Å². The van der Waals surface area contributed by atoms with Crippen LogP contribution in [-0.2, 0) is 6.54 Å². The lowest BCUT2D eigenvalue weighted by molar-refractivity contribution is 0.0919. The van der Waals surface area contributed by atoms with Crippen LogP contribution in [0.2, 0.25) is 0 Å². The molecule has 0 unspecified atom stereocenters. The van der Waals surface area contributed by atoms with Gasteiger partial charge in [-0.1, -0.05) is 12.1 Å². The lowest BCUT2D eigenvalue weighted by Gasteiger charge is -2.20. The molecule has 0 aliphatic rings. The fourth-order valence-electron chi connectivity index (χ4n) is 2.86. The van der Waals surface area contributed by atoms with E-state index in [-0.39, 0.29) is 11.4 Å². The molecule has 0 bridgehead atoms. The van der Waals surface area contributed by atoms with Gasteiger partial charge in [0.2, 0.25) is 0 Å². The van der Waals surface area contributed by atoms with Gasteiger partial charge in [-0.25, -0.2) is 4.99 Å². The van der Waals surface area contributed by atoms with Gasteiger partial charge in [0, 0.05) is 29.4 Å². The highest BCUT2D eigenvalue weighted by Gasteiger charge is 2.15. The van der Waals surface area contributed by atoms with Gasteiger partial charge in [0.25, 0.3) is 5.91 Å². The molecule has 2 aromatic rings. The quantitative estimate of drug-likeness (QED) is 0.435. The molecule has 168 valence electrons. The number of guanidine groups is 1. The third kappa shape index (κ3) is 7.85. The van der Waals surface area contributed by atoms with E-state index in [1.807, 2.05) is 77.1 Å². The number of amides is 1. The van der Waals surface area contributed by atoms with Crippen molar-refractivity contribution in [1.82, 2.24) is 10.6 Å². The zero-order chi connectivity index (χ0) is 22.9. The van der Waals surface area contributed by atoms with Crippen LogP contribution in [0, 0.1) is 0 Å². The van der Waals surface area contributed by atoms with Crippen LogP contribution < -0.4 is 25.4 Å². The highest BCUT2D eigenvalue weighted by molar-refractivity contribution is 5.95. The van der Waals surface area contributed by atoms with E-state index < -0.39 is 0 Å². The minimum atomic E-state index is -0.286. The summed E-state index contributed by atoms with van der Waals surface area (Å²) in [6.07, 6.45) is 0. The Bertz CT molecular complexity index is 904. The molecule has 0 radical (unpaired) electrons. The molecule has 3 N–H and O–H groups in total. The number of benzene rings is 2. The number of anilines is 1. The zero-order valence-corrected chi connectivity index (χ0v) is 19.3. The molecular weight excluding hydrogens is 392 g/mol. The summed E-state index contributed by atoms with van der Waals surface area (Å²) in [5.41, 5.74) is 2.12. The van der Waals surface area contributed by atoms with Gasteiger partial charge < -0.3 is 25.4 Å². The van der Waals surface area contributed by atoms with Crippen molar-refractivity contribution in [3.63, 3.8) is 0 Å². The second-order valence-corrected chi connectivity index (χ2v) is 8.02. The number of hydrogen-bond acceptors (Lipinski definition) is 4. The van der Waals surface area contributed by atoms with Crippen molar-refractivity contribution in [2.24, 2.45) is 4.99 Å². The van der Waals surface area contributed by atoms with Crippen molar-refractivity contribution in [1.29, 1.82) is 0 Å². The third-order valence-electron chi connectivity index (χ3n) is 4.17. The second-order valence-electron chi connectivity index (χ2n) is 8.02.